The lowest BCUT2D eigenvalue weighted by Gasteiger charge is -2.36. The van der Waals surface area contributed by atoms with E-state index in [1.807, 2.05) is 20.8 Å². The molecule has 2 atom stereocenters. The molecule has 1 aliphatic rings. The molecule has 0 aromatic rings. The lowest BCUT2D eigenvalue weighted by Crippen LogP contribution is -2.53. The van der Waals surface area contributed by atoms with Gasteiger partial charge in [0.25, 0.3) is 0 Å². The standard InChI is InChI=1S/C14H28N2O5/c1-14(2,3)21-13(17)16-8-11(15)7-12(9-16)20-10-19-6-5-18-4/h11-12H,5-10,15H2,1-4H3. The normalized spacial score (nSPS) is 23.2. The summed E-state index contributed by atoms with van der Waals surface area (Å²) >= 11 is 0. The van der Waals surface area contributed by atoms with Gasteiger partial charge in [-0.15, -0.1) is 0 Å². The van der Waals surface area contributed by atoms with E-state index in [0.29, 0.717) is 32.7 Å². The van der Waals surface area contributed by atoms with Gasteiger partial charge in [0, 0.05) is 19.7 Å². The van der Waals surface area contributed by atoms with E-state index in [1.165, 1.54) is 0 Å². The Morgan fingerprint density at radius 3 is 2.62 bits per heavy atom. The summed E-state index contributed by atoms with van der Waals surface area (Å²) in [5.74, 6) is 0. The molecule has 0 aliphatic carbocycles. The van der Waals surface area contributed by atoms with Crippen molar-refractivity contribution in [3.63, 3.8) is 0 Å². The summed E-state index contributed by atoms with van der Waals surface area (Å²) in [5, 5.41) is 0. The van der Waals surface area contributed by atoms with Gasteiger partial charge in [-0.3, -0.25) is 0 Å². The molecule has 0 radical (unpaired) electrons. The van der Waals surface area contributed by atoms with Crippen LogP contribution in [0.1, 0.15) is 27.2 Å². The predicted molar refractivity (Wildman–Crippen MR) is 78.0 cm³/mol. The fourth-order valence-corrected chi connectivity index (χ4v) is 2.03. The summed E-state index contributed by atoms with van der Waals surface area (Å²) in [5.41, 5.74) is 5.46. The number of carbonyl (C=O) groups is 1. The van der Waals surface area contributed by atoms with E-state index >= 15 is 0 Å². The van der Waals surface area contributed by atoms with Crippen molar-refractivity contribution in [2.75, 3.05) is 40.2 Å². The van der Waals surface area contributed by atoms with Gasteiger partial charge in [-0.25, -0.2) is 4.79 Å². The average molecular weight is 304 g/mol. The number of piperidine rings is 1. The maximum atomic E-state index is 12.1. The van der Waals surface area contributed by atoms with Crippen LogP contribution in [-0.4, -0.2) is 68.9 Å². The maximum Gasteiger partial charge on any atom is 0.410 e. The largest absolute Gasteiger partial charge is 0.444 e. The molecule has 0 spiro atoms. The van der Waals surface area contributed by atoms with Crippen molar-refractivity contribution in [2.45, 2.75) is 44.9 Å². The number of hydrogen-bond donors (Lipinski definition) is 1. The van der Waals surface area contributed by atoms with Crippen molar-refractivity contribution < 1.29 is 23.7 Å². The van der Waals surface area contributed by atoms with Gasteiger partial charge in [-0.1, -0.05) is 0 Å². The van der Waals surface area contributed by atoms with Gasteiger partial charge in [0.05, 0.1) is 25.9 Å². The molecule has 1 amide bonds. The Bertz CT molecular complexity index is 319. The molecule has 1 saturated heterocycles. The molecule has 0 aromatic heterocycles. The summed E-state index contributed by atoms with van der Waals surface area (Å²) in [6.07, 6.45) is 0.211. The van der Waals surface area contributed by atoms with E-state index in [0.717, 1.165) is 0 Å². The smallest absolute Gasteiger partial charge is 0.410 e. The predicted octanol–water partition coefficient (Wildman–Crippen LogP) is 0.960. The molecule has 7 heteroatoms. The summed E-state index contributed by atoms with van der Waals surface area (Å²) in [7, 11) is 1.61. The second-order valence-electron chi connectivity index (χ2n) is 6.19. The molecule has 0 saturated carbocycles. The summed E-state index contributed by atoms with van der Waals surface area (Å²) in [4.78, 5) is 13.7. The minimum atomic E-state index is -0.516. The number of amides is 1. The third kappa shape index (κ3) is 7.61. The van der Waals surface area contributed by atoms with Gasteiger partial charge in [-0.2, -0.15) is 0 Å². The maximum absolute atomic E-state index is 12.1. The van der Waals surface area contributed by atoms with Crippen molar-refractivity contribution in [2.24, 2.45) is 5.73 Å². The molecule has 7 nitrogen and oxygen atoms in total. The molecule has 1 fully saturated rings. The number of hydrogen-bond acceptors (Lipinski definition) is 6. The van der Waals surface area contributed by atoms with E-state index in [4.69, 9.17) is 24.7 Å². The van der Waals surface area contributed by atoms with E-state index in [1.54, 1.807) is 12.0 Å². The Kier molecular flexibility index (Phi) is 7.37. The van der Waals surface area contributed by atoms with Gasteiger partial charge < -0.3 is 29.6 Å². The number of rotatable bonds is 6. The number of methoxy groups -OCH3 is 1. The zero-order valence-electron chi connectivity index (χ0n) is 13.5. The van der Waals surface area contributed by atoms with Crippen molar-refractivity contribution >= 4 is 6.09 Å². The Hall–Kier alpha value is -0.890. The van der Waals surface area contributed by atoms with Crippen LogP contribution in [0.15, 0.2) is 0 Å². The molecule has 1 rings (SSSR count). The number of carbonyl (C=O) groups excluding carboxylic acids is 1. The van der Waals surface area contributed by atoms with E-state index in [2.05, 4.69) is 0 Å². The van der Waals surface area contributed by atoms with E-state index < -0.39 is 5.60 Å². The van der Waals surface area contributed by atoms with Crippen molar-refractivity contribution in [3.8, 4) is 0 Å². The third-order valence-electron chi connectivity index (χ3n) is 2.92. The second-order valence-corrected chi connectivity index (χ2v) is 6.19. The van der Waals surface area contributed by atoms with Gasteiger partial charge in [0.2, 0.25) is 0 Å². The third-order valence-corrected chi connectivity index (χ3v) is 2.92. The average Bonchev–Trinajstić information content (AvgIpc) is 2.36. The van der Waals surface area contributed by atoms with Crippen LogP contribution in [0.5, 0.6) is 0 Å². The van der Waals surface area contributed by atoms with Gasteiger partial charge in [0.15, 0.2) is 0 Å². The Balaban J connectivity index is 2.37. The molecular formula is C14H28N2O5. The summed E-state index contributed by atoms with van der Waals surface area (Å²) in [6.45, 7) is 7.65. The van der Waals surface area contributed by atoms with Crippen molar-refractivity contribution in [1.29, 1.82) is 0 Å². The highest BCUT2D eigenvalue weighted by molar-refractivity contribution is 5.68. The van der Waals surface area contributed by atoms with Crippen LogP contribution < -0.4 is 5.73 Å². The van der Waals surface area contributed by atoms with E-state index in [-0.39, 0.29) is 25.0 Å². The highest BCUT2D eigenvalue weighted by atomic mass is 16.7. The molecule has 2 unspecified atom stereocenters. The molecule has 124 valence electrons. The topological polar surface area (TPSA) is 83.3 Å². The lowest BCUT2D eigenvalue weighted by molar-refractivity contribution is -0.114. The molecule has 0 aromatic carbocycles. The Labute approximate surface area is 126 Å². The van der Waals surface area contributed by atoms with Crippen LogP contribution >= 0.6 is 0 Å². The number of ether oxygens (including phenoxy) is 4. The zero-order valence-corrected chi connectivity index (χ0v) is 13.5. The molecule has 21 heavy (non-hydrogen) atoms. The number of nitrogens with zero attached hydrogens (tertiary/aromatic N) is 1. The molecule has 2 N–H and O–H groups in total. The summed E-state index contributed by atoms with van der Waals surface area (Å²) in [6, 6.07) is -0.116. The van der Waals surface area contributed by atoms with Gasteiger partial charge in [-0.05, 0) is 27.2 Å². The Morgan fingerprint density at radius 2 is 2.00 bits per heavy atom. The lowest BCUT2D eigenvalue weighted by atomic mass is 10.0. The first-order valence-corrected chi connectivity index (χ1v) is 7.23. The van der Waals surface area contributed by atoms with Gasteiger partial charge in [0.1, 0.15) is 12.4 Å². The first kappa shape index (κ1) is 18.2. The fourth-order valence-electron chi connectivity index (χ4n) is 2.03. The molecule has 1 heterocycles. The number of likely N-dealkylation sites (tertiary alicyclic amines) is 1. The minimum absolute atomic E-state index is 0.116. The van der Waals surface area contributed by atoms with Crippen LogP contribution in [0.4, 0.5) is 4.79 Å². The highest BCUT2D eigenvalue weighted by Crippen LogP contribution is 2.16. The second kappa shape index (κ2) is 8.53. The fraction of sp³-hybridized carbons (Fsp3) is 0.929. The summed E-state index contributed by atoms with van der Waals surface area (Å²) < 4.78 is 21.1. The first-order chi connectivity index (χ1) is 9.81. The van der Waals surface area contributed by atoms with Crippen LogP contribution in [0, 0.1) is 0 Å². The zero-order chi connectivity index (χ0) is 15.9. The molecular weight excluding hydrogens is 276 g/mol. The van der Waals surface area contributed by atoms with E-state index in [9.17, 15) is 4.79 Å². The van der Waals surface area contributed by atoms with Crippen LogP contribution in [0.25, 0.3) is 0 Å². The van der Waals surface area contributed by atoms with Crippen molar-refractivity contribution in [1.82, 2.24) is 4.90 Å². The molecule has 0 bridgehead atoms. The van der Waals surface area contributed by atoms with Crippen LogP contribution in [-0.2, 0) is 18.9 Å². The quantitative estimate of drug-likeness (QED) is 0.581. The Morgan fingerprint density at radius 1 is 1.29 bits per heavy atom. The first-order valence-electron chi connectivity index (χ1n) is 7.23. The van der Waals surface area contributed by atoms with Crippen LogP contribution in [0.3, 0.4) is 0 Å². The van der Waals surface area contributed by atoms with Crippen molar-refractivity contribution in [3.05, 3.63) is 0 Å². The van der Waals surface area contributed by atoms with Crippen LogP contribution in [0.2, 0.25) is 0 Å². The monoisotopic (exact) mass is 304 g/mol. The minimum Gasteiger partial charge on any atom is -0.444 e. The highest BCUT2D eigenvalue weighted by Gasteiger charge is 2.31. The SMILES string of the molecule is COCCOCOC1CC(N)CN(C(=O)OC(C)(C)C)C1. The van der Waals surface area contributed by atoms with Gasteiger partial charge >= 0.3 is 6.09 Å². The molecule has 1 aliphatic heterocycles. The number of nitrogens with two attached hydrogens (primary N) is 1.